The molecule has 1 aliphatic heterocycles. The van der Waals surface area contributed by atoms with Crippen LogP contribution < -0.4 is 5.32 Å². The maximum absolute atomic E-state index is 13.0. The molecule has 2 aromatic rings. The first-order valence-electron chi connectivity index (χ1n) is 10.5. The van der Waals surface area contributed by atoms with Gasteiger partial charge in [0.25, 0.3) is 0 Å². The first kappa shape index (κ1) is 22.9. The van der Waals surface area contributed by atoms with E-state index in [0.29, 0.717) is 13.1 Å². The lowest BCUT2D eigenvalue weighted by Gasteiger charge is -2.35. The summed E-state index contributed by atoms with van der Waals surface area (Å²) in [4.78, 5) is 28.7. The lowest BCUT2D eigenvalue weighted by molar-refractivity contribution is -0.134. The summed E-state index contributed by atoms with van der Waals surface area (Å²) in [5.41, 5.74) is 1.08. The highest BCUT2D eigenvalue weighted by Gasteiger charge is 2.29. The number of nitrogens with one attached hydrogen (secondary N) is 1. The van der Waals surface area contributed by atoms with E-state index in [1.54, 1.807) is 11.8 Å². The summed E-state index contributed by atoms with van der Waals surface area (Å²) in [7, 11) is 0. The summed E-state index contributed by atoms with van der Waals surface area (Å²) in [6.45, 7) is 5.39. The summed E-state index contributed by atoms with van der Waals surface area (Å²) in [5, 5.41) is 3.02. The van der Waals surface area contributed by atoms with Crippen molar-refractivity contribution in [2.24, 2.45) is 0 Å². The van der Waals surface area contributed by atoms with Crippen molar-refractivity contribution in [3.63, 3.8) is 0 Å². The van der Waals surface area contributed by atoms with E-state index in [1.165, 1.54) is 0 Å². The van der Waals surface area contributed by atoms with E-state index in [2.05, 4.69) is 28.2 Å². The van der Waals surface area contributed by atoms with E-state index in [-0.39, 0.29) is 29.0 Å². The average molecular weight is 489 g/mol. The standard InChI is InChI=1S/C24H29BrN2O2S/c1-3-22(18-7-5-4-6-8-18)24(29)27-15-13-20(14-16-27)26-23(28)17(2)30-21-11-9-19(25)10-12-21/h4-12,17,20,22H,3,13-16H2,1-2H3,(H,26,28). The second kappa shape index (κ2) is 11.0. The predicted octanol–water partition coefficient (Wildman–Crippen LogP) is 5.23. The van der Waals surface area contributed by atoms with Crippen LogP contribution in [0.2, 0.25) is 0 Å². The smallest absolute Gasteiger partial charge is 0.233 e. The molecule has 6 heteroatoms. The highest BCUT2D eigenvalue weighted by atomic mass is 79.9. The van der Waals surface area contributed by atoms with Crippen molar-refractivity contribution in [1.29, 1.82) is 0 Å². The molecule has 0 aromatic heterocycles. The molecule has 0 radical (unpaired) electrons. The van der Waals surface area contributed by atoms with Crippen molar-refractivity contribution in [3.8, 4) is 0 Å². The fourth-order valence-electron chi connectivity index (χ4n) is 3.79. The zero-order valence-electron chi connectivity index (χ0n) is 17.5. The summed E-state index contributed by atoms with van der Waals surface area (Å²) in [6, 6.07) is 18.1. The van der Waals surface area contributed by atoms with Crippen LogP contribution in [0.15, 0.2) is 64.0 Å². The van der Waals surface area contributed by atoms with Gasteiger partial charge in [0.15, 0.2) is 0 Å². The zero-order chi connectivity index (χ0) is 21.5. The van der Waals surface area contributed by atoms with E-state index < -0.39 is 0 Å². The maximum atomic E-state index is 13.0. The van der Waals surface area contributed by atoms with Gasteiger partial charge in [-0.1, -0.05) is 53.2 Å². The van der Waals surface area contributed by atoms with Crippen molar-refractivity contribution in [1.82, 2.24) is 10.2 Å². The Hall–Kier alpha value is -1.79. The number of nitrogens with zero attached hydrogens (tertiary/aromatic N) is 1. The Labute approximate surface area is 191 Å². The largest absolute Gasteiger partial charge is 0.352 e. The SMILES string of the molecule is CCC(C(=O)N1CCC(NC(=O)C(C)Sc2ccc(Br)cc2)CC1)c1ccccc1. The molecule has 1 saturated heterocycles. The summed E-state index contributed by atoms with van der Waals surface area (Å²) < 4.78 is 1.03. The van der Waals surface area contributed by atoms with E-state index in [0.717, 1.165) is 34.2 Å². The molecule has 2 amide bonds. The van der Waals surface area contributed by atoms with E-state index in [9.17, 15) is 9.59 Å². The van der Waals surface area contributed by atoms with Gasteiger partial charge in [0.1, 0.15) is 0 Å². The molecule has 1 N–H and O–H groups in total. The Morgan fingerprint density at radius 3 is 2.33 bits per heavy atom. The molecule has 1 fully saturated rings. The van der Waals surface area contributed by atoms with E-state index in [1.807, 2.05) is 66.4 Å². The fourth-order valence-corrected chi connectivity index (χ4v) is 4.93. The molecule has 1 heterocycles. The summed E-state index contributed by atoms with van der Waals surface area (Å²) in [5.74, 6) is 0.177. The second-order valence-electron chi connectivity index (χ2n) is 7.69. The molecule has 2 atom stereocenters. The van der Waals surface area contributed by atoms with Crippen LogP contribution in [-0.2, 0) is 9.59 Å². The van der Waals surface area contributed by atoms with Gasteiger partial charge in [-0.2, -0.15) is 0 Å². The third-order valence-electron chi connectivity index (χ3n) is 5.56. The number of benzene rings is 2. The number of hydrogen-bond donors (Lipinski definition) is 1. The molecule has 0 bridgehead atoms. The molecule has 1 aliphatic rings. The van der Waals surface area contributed by atoms with Crippen molar-refractivity contribution in [3.05, 3.63) is 64.6 Å². The van der Waals surface area contributed by atoms with Gasteiger partial charge in [-0.05, 0) is 56.0 Å². The first-order valence-corrected chi connectivity index (χ1v) is 12.2. The van der Waals surface area contributed by atoms with Crippen LogP contribution in [0.25, 0.3) is 0 Å². The van der Waals surface area contributed by atoms with Crippen molar-refractivity contribution < 1.29 is 9.59 Å². The minimum Gasteiger partial charge on any atom is -0.352 e. The van der Waals surface area contributed by atoms with Crippen LogP contribution >= 0.6 is 27.7 Å². The third kappa shape index (κ3) is 6.11. The van der Waals surface area contributed by atoms with Gasteiger partial charge >= 0.3 is 0 Å². The molecule has 3 rings (SSSR count). The van der Waals surface area contributed by atoms with Gasteiger partial charge in [0, 0.05) is 28.5 Å². The first-order chi connectivity index (χ1) is 14.5. The molecule has 2 aromatic carbocycles. The maximum Gasteiger partial charge on any atom is 0.233 e. The Kier molecular flexibility index (Phi) is 8.40. The summed E-state index contributed by atoms with van der Waals surface area (Å²) >= 11 is 4.99. The van der Waals surface area contributed by atoms with Crippen LogP contribution in [-0.4, -0.2) is 41.1 Å². The molecule has 2 unspecified atom stereocenters. The highest BCUT2D eigenvalue weighted by Crippen LogP contribution is 2.26. The molecule has 0 aliphatic carbocycles. The molecule has 30 heavy (non-hydrogen) atoms. The number of likely N-dealkylation sites (tertiary alicyclic amines) is 1. The number of carbonyl (C=O) groups is 2. The number of carbonyl (C=O) groups excluding carboxylic acids is 2. The van der Waals surface area contributed by atoms with Crippen LogP contribution in [0, 0.1) is 0 Å². The van der Waals surface area contributed by atoms with Gasteiger partial charge in [-0.3, -0.25) is 9.59 Å². The molecular formula is C24H29BrN2O2S. The Morgan fingerprint density at radius 1 is 1.10 bits per heavy atom. The predicted molar refractivity (Wildman–Crippen MR) is 127 cm³/mol. The van der Waals surface area contributed by atoms with Crippen LogP contribution in [0.3, 0.4) is 0 Å². The monoisotopic (exact) mass is 488 g/mol. The lowest BCUT2D eigenvalue weighted by Crippen LogP contribution is -2.49. The zero-order valence-corrected chi connectivity index (χ0v) is 19.9. The second-order valence-corrected chi connectivity index (χ2v) is 10.0. The van der Waals surface area contributed by atoms with Crippen molar-refractivity contribution >= 4 is 39.5 Å². The molecule has 0 saturated carbocycles. The highest BCUT2D eigenvalue weighted by molar-refractivity contribution is 9.10. The van der Waals surface area contributed by atoms with Gasteiger partial charge in [-0.15, -0.1) is 11.8 Å². The number of halogens is 1. The number of rotatable bonds is 7. The van der Waals surface area contributed by atoms with Crippen LogP contribution in [0.5, 0.6) is 0 Å². The molecule has 0 spiro atoms. The molecule has 4 nitrogen and oxygen atoms in total. The van der Waals surface area contributed by atoms with Gasteiger partial charge in [0.05, 0.1) is 11.2 Å². The quantitative estimate of drug-likeness (QED) is 0.542. The van der Waals surface area contributed by atoms with E-state index >= 15 is 0 Å². The Morgan fingerprint density at radius 2 is 1.73 bits per heavy atom. The number of hydrogen-bond acceptors (Lipinski definition) is 3. The van der Waals surface area contributed by atoms with Crippen LogP contribution in [0.4, 0.5) is 0 Å². The van der Waals surface area contributed by atoms with Gasteiger partial charge < -0.3 is 10.2 Å². The summed E-state index contributed by atoms with van der Waals surface area (Å²) in [6.07, 6.45) is 2.40. The Balaban J connectivity index is 1.48. The fraction of sp³-hybridized carbons (Fsp3) is 0.417. The minimum atomic E-state index is -0.159. The van der Waals surface area contributed by atoms with Crippen molar-refractivity contribution in [2.45, 2.75) is 55.2 Å². The molecular weight excluding hydrogens is 460 g/mol. The minimum absolute atomic E-state index is 0.0587. The van der Waals surface area contributed by atoms with Gasteiger partial charge in [0.2, 0.25) is 11.8 Å². The normalized spacial score (nSPS) is 16.7. The van der Waals surface area contributed by atoms with E-state index in [4.69, 9.17) is 0 Å². The topological polar surface area (TPSA) is 49.4 Å². The molecule has 160 valence electrons. The number of piperidine rings is 1. The third-order valence-corrected chi connectivity index (χ3v) is 7.20. The van der Waals surface area contributed by atoms with Gasteiger partial charge in [-0.25, -0.2) is 0 Å². The lowest BCUT2D eigenvalue weighted by atomic mass is 9.93. The Bertz CT molecular complexity index is 836. The average Bonchev–Trinajstić information content (AvgIpc) is 2.77. The number of thioether (sulfide) groups is 1. The van der Waals surface area contributed by atoms with Crippen LogP contribution in [0.1, 0.15) is 44.6 Å². The van der Waals surface area contributed by atoms with Crippen molar-refractivity contribution in [2.75, 3.05) is 13.1 Å². The number of amides is 2.